The van der Waals surface area contributed by atoms with Crippen molar-refractivity contribution < 1.29 is 14.6 Å². The summed E-state index contributed by atoms with van der Waals surface area (Å²) in [6.07, 6.45) is 3.25. The van der Waals surface area contributed by atoms with Gasteiger partial charge in [-0.1, -0.05) is 11.8 Å². The first-order chi connectivity index (χ1) is 15.0. The van der Waals surface area contributed by atoms with Crippen LogP contribution in [0.5, 0.6) is 11.5 Å². The second-order valence-corrected chi connectivity index (χ2v) is 9.91. The van der Waals surface area contributed by atoms with Crippen LogP contribution in [0.1, 0.15) is 12.5 Å². The Labute approximate surface area is 190 Å². The van der Waals surface area contributed by atoms with Crippen molar-refractivity contribution in [3.8, 4) is 11.5 Å². The first-order valence-corrected chi connectivity index (χ1v) is 11.8. The molecule has 7 nitrogen and oxygen atoms in total. The molecule has 31 heavy (non-hydrogen) atoms. The van der Waals surface area contributed by atoms with E-state index in [-0.39, 0.29) is 16.9 Å². The Morgan fingerprint density at radius 3 is 2.97 bits per heavy atom. The van der Waals surface area contributed by atoms with Gasteiger partial charge in [0, 0.05) is 23.4 Å². The van der Waals surface area contributed by atoms with E-state index in [0.717, 1.165) is 20.2 Å². The number of aliphatic imine (C=N–C) groups is 1. The Balaban J connectivity index is 1.47. The van der Waals surface area contributed by atoms with Gasteiger partial charge >= 0.3 is 0 Å². The predicted molar refractivity (Wildman–Crippen MR) is 128 cm³/mol. The summed E-state index contributed by atoms with van der Waals surface area (Å²) < 4.78 is 6.97. The minimum Gasteiger partial charge on any atom is -0.507 e. The van der Waals surface area contributed by atoms with Gasteiger partial charge < -0.3 is 15.2 Å². The van der Waals surface area contributed by atoms with Crippen molar-refractivity contribution in [3.63, 3.8) is 0 Å². The standard InChI is InChI=1S/C21H18N4O3S3/c1-12(19(27)25-20-22-7-8-29-20)30-21-24-16-5-3-14(10-18(16)31-21)23-11-13-9-15(28-2)4-6-17(13)26/h3-12,26H,1-2H3,(H,22,25,27)/t12-/m0/s1. The van der Waals surface area contributed by atoms with Crippen LogP contribution in [0.2, 0.25) is 0 Å². The molecule has 158 valence electrons. The van der Waals surface area contributed by atoms with Crippen molar-refractivity contribution in [3.05, 3.63) is 53.5 Å². The Morgan fingerprint density at radius 2 is 2.19 bits per heavy atom. The third-order valence-corrected chi connectivity index (χ3v) is 7.15. The maximum Gasteiger partial charge on any atom is 0.239 e. The Hall–Kier alpha value is -2.95. The van der Waals surface area contributed by atoms with Crippen molar-refractivity contribution in [2.75, 3.05) is 12.4 Å². The van der Waals surface area contributed by atoms with Crippen LogP contribution in [0.4, 0.5) is 10.8 Å². The fourth-order valence-electron chi connectivity index (χ4n) is 2.63. The topological polar surface area (TPSA) is 96.7 Å². The lowest BCUT2D eigenvalue weighted by Gasteiger charge is -2.07. The number of hydrogen-bond donors (Lipinski definition) is 2. The number of thioether (sulfide) groups is 1. The number of anilines is 1. The molecular formula is C21H18N4O3S3. The highest BCUT2D eigenvalue weighted by Gasteiger charge is 2.18. The average Bonchev–Trinajstić information content (AvgIpc) is 3.42. The van der Waals surface area contributed by atoms with Gasteiger partial charge in [0.2, 0.25) is 5.91 Å². The van der Waals surface area contributed by atoms with Gasteiger partial charge in [-0.25, -0.2) is 9.97 Å². The number of benzene rings is 2. The maximum atomic E-state index is 12.3. The van der Waals surface area contributed by atoms with Crippen LogP contribution in [0.3, 0.4) is 0 Å². The summed E-state index contributed by atoms with van der Waals surface area (Å²) in [4.78, 5) is 25.5. The highest BCUT2D eigenvalue weighted by Crippen LogP contribution is 2.34. The van der Waals surface area contributed by atoms with Crippen LogP contribution >= 0.6 is 34.4 Å². The second kappa shape index (κ2) is 9.46. The molecule has 4 rings (SSSR count). The molecule has 1 amide bonds. The summed E-state index contributed by atoms with van der Waals surface area (Å²) in [6.45, 7) is 1.84. The molecule has 2 heterocycles. The van der Waals surface area contributed by atoms with E-state index in [1.165, 1.54) is 34.4 Å². The Kier molecular flexibility index (Phi) is 6.50. The Bertz CT molecular complexity index is 1240. The van der Waals surface area contributed by atoms with Crippen molar-refractivity contribution in [1.82, 2.24) is 9.97 Å². The van der Waals surface area contributed by atoms with E-state index in [4.69, 9.17) is 4.74 Å². The normalized spacial score (nSPS) is 12.3. The number of ether oxygens (including phenoxy) is 1. The lowest BCUT2D eigenvalue weighted by Crippen LogP contribution is -2.22. The highest BCUT2D eigenvalue weighted by molar-refractivity contribution is 8.02. The van der Waals surface area contributed by atoms with Crippen LogP contribution in [-0.2, 0) is 4.79 Å². The van der Waals surface area contributed by atoms with Crippen molar-refractivity contribution in [2.24, 2.45) is 4.99 Å². The maximum absolute atomic E-state index is 12.3. The number of fused-ring (bicyclic) bond motifs is 1. The van der Waals surface area contributed by atoms with E-state index < -0.39 is 0 Å². The molecule has 0 saturated carbocycles. The van der Waals surface area contributed by atoms with E-state index in [1.807, 2.05) is 30.5 Å². The largest absolute Gasteiger partial charge is 0.507 e. The molecule has 10 heteroatoms. The number of phenolic OH excluding ortho intramolecular Hbond substituents is 1. The van der Waals surface area contributed by atoms with Crippen LogP contribution in [-0.4, -0.2) is 39.6 Å². The fraction of sp³-hybridized carbons (Fsp3) is 0.143. The van der Waals surface area contributed by atoms with Gasteiger partial charge in [-0.2, -0.15) is 0 Å². The highest BCUT2D eigenvalue weighted by atomic mass is 32.2. The number of aromatic hydroxyl groups is 1. The molecule has 0 spiro atoms. The lowest BCUT2D eigenvalue weighted by atomic mass is 10.2. The van der Waals surface area contributed by atoms with Crippen LogP contribution in [0.25, 0.3) is 10.2 Å². The van der Waals surface area contributed by atoms with Gasteiger partial charge in [-0.15, -0.1) is 22.7 Å². The van der Waals surface area contributed by atoms with Crippen LogP contribution < -0.4 is 10.1 Å². The molecule has 0 aliphatic rings. The summed E-state index contributed by atoms with van der Waals surface area (Å²) in [5.74, 6) is 0.668. The molecule has 0 aliphatic heterocycles. The summed E-state index contributed by atoms with van der Waals surface area (Å²) in [5.41, 5.74) is 2.16. The van der Waals surface area contributed by atoms with E-state index >= 15 is 0 Å². The third kappa shape index (κ3) is 5.22. The van der Waals surface area contributed by atoms with Gasteiger partial charge in [0.05, 0.1) is 28.3 Å². The number of nitrogens with zero attached hydrogens (tertiary/aromatic N) is 3. The van der Waals surface area contributed by atoms with Gasteiger partial charge in [0.1, 0.15) is 11.5 Å². The summed E-state index contributed by atoms with van der Waals surface area (Å²) in [5, 5.41) is 14.9. The number of thiazole rings is 2. The zero-order valence-electron chi connectivity index (χ0n) is 16.6. The van der Waals surface area contributed by atoms with Crippen molar-refractivity contribution in [2.45, 2.75) is 16.5 Å². The van der Waals surface area contributed by atoms with Gasteiger partial charge in [-0.05, 0) is 43.3 Å². The SMILES string of the molecule is COc1ccc(O)c(C=Nc2ccc3nc(S[C@@H](C)C(=O)Nc4nccs4)sc3c2)c1. The first kappa shape index (κ1) is 21.3. The van der Waals surface area contributed by atoms with Crippen molar-refractivity contribution in [1.29, 1.82) is 0 Å². The van der Waals surface area contributed by atoms with Crippen molar-refractivity contribution >= 4 is 67.6 Å². The predicted octanol–water partition coefficient (Wildman–Crippen LogP) is 5.34. The first-order valence-electron chi connectivity index (χ1n) is 9.20. The molecule has 0 bridgehead atoms. The lowest BCUT2D eigenvalue weighted by molar-refractivity contribution is -0.115. The molecule has 1 atom stereocenters. The molecule has 2 N–H and O–H groups in total. The number of carbonyl (C=O) groups is 1. The Morgan fingerprint density at radius 1 is 1.32 bits per heavy atom. The monoisotopic (exact) mass is 470 g/mol. The molecule has 0 radical (unpaired) electrons. The quantitative estimate of drug-likeness (QED) is 0.280. The van der Waals surface area contributed by atoms with Gasteiger partial charge in [0.15, 0.2) is 9.47 Å². The molecule has 2 aromatic carbocycles. The summed E-state index contributed by atoms with van der Waals surface area (Å²) in [7, 11) is 1.57. The number of carbonyl (C=O) groups excluding carboxylic acids is 1. The summed E-state index contributed by atoms with van der Waals surface area (Å²) in [6, 6.07) is 10.7. The number of hydrogen-bond acceptors (Lipinski definition) is 9. The van der Waals surface area contributed by atoms with E-state index in [2.05, 4.69) is 20.3 Å². The number of phenols is 1. The molecule has 2 aromatic heterocycles. The molecule has 4 aromatic rings. The number of methoxy groups -OCH3 is 1. The smallest absolute Gasteiger partial charge is 0.239 e. The minimum atomic E-state index is -0.307. The van der Waals surface area contributed by atoms with E-state index in [0.29, 0.717) is 16.4 Å². The minimum absolute atomic E-state index is 0.109. The van der Waals surface area contributed by atoms with Gasteiger partial charge in [0.25, 0.3) is 0 Å². The van der Waals surface area contributed by atoms with E-state index in [9.17, 15) is 9.90 Å². The van der Waals surface area contributed by atoms with Crippen LogP contribution in [0.15, 0.2) is 57.3 Å². The third-order valence-electron chi connectivity index (χ3n) is 4.25. The average molecular weight is 471 g/mol. The van der Waals surface area contributed by atoms with E-state index in [1.54, 1.807) is 37.7 Å². The molecule has 0 fully saturated rings. The summed E-state index contributed by atoms with van der Waals surface area (Å²) >= 11 is 4.30. The number of rotatable bonds is 7. The number of amides is 1. The molecule has 0 unspecified atom stereocenters. The van der Waals surface area contributed by atoms with Gasteiger partial charge in [-0.3, -0.25) is 9.79 Å². The fourth-order valence-corrected chi connectivity index (χ4v) is 5.40. The molecule has 0 saturated heterocycles. The number of nitrogens with one attached hydrogen (secondary N) is 1. The molecule has 0 aliphatic carbocycles. The second-order valence-electron chi connectivity index (χ2n) is 6.40. The van der Waals surface area contributed by atoms with Crippen LogP contribution in [0, 0.1) is 0 Å². The zero-order chi connectivity index (χ0) is 21.8. The zero-order valence-corrected chi connectivity index (χ0v) is 19.1. The molecular weight excluding hydrogens is 452 g/mol. The number of aromatic nitrogens is 2.